The molecule has 2 rings (SSSR count). The molecule has 8 heteroatoms. The van der Waals surface area contributed by atoms with Gasteiger partial charge in [0.05, 0.1) is 11.8 Å². The Bertz CT molecular complexity index is 599. The van der Waals surface area contributed by atoms with Crippen molar-refractivity contribution in [2.45, 2.75) is 24.9 Å². The highest BCUT2D eigenvalue weighted by Crippen LogP contribution is 2.25. The van der Waals surface area contributed by atoms with Crippen LogP contribution in [0.1, 0.15) is 16.8 Å². The molecule has 7 nitrogen and oxygen atoms in total. The third-order valence-electron chi connectivity index (χ3n) is 3.12. The topological polar surface area (TPSA) is 88.1 Å². The Morgan fingerprint density at radius 1 is 1.32 bits per heavy atom. The van der Waals surface area contributed by atoms with Gasteiger partial charge in [0.2, 0.25) is 0 Å². The minimum absolute atomic E-state index is 0.117. The molecule has 1 saturated heterocycles. The summed E-state index contributed by atoms with van der Waals surface area (Å²) in [5, 5.41) is 0. The quantitative estimate of drug-likeness (QED) is 0.567. The maximum atomic E-state index is 11.9. The van der Waals surface area contributed by atoms with Crippen molar-refractivity contribution in [1.82, 2.24) is 0 Å². The third-order valence-corrected chi connectivity index (χ3v) is 3.71. The van der Waals surface area contributed by atoms with E-state index in [0.29, 0.717) is 5.56 Å². The highest BCUT2D eigenvalue weighted by Gasteiger charge is 2.39. The van der Waals surface area contributed by atoms with E-state index in [9.17, 15) is 13.2 Å². The molecule has 0 aromatic heterocycles. The van der Waals surface area contributed by atoms with Crippen molar-refractivity contribution in [3.63, 3.8) is 0 Å². The van der Waals surface area contributed by atoms with Crippen molar-refractivity contribution in [3.05, 3.63) is 35.9 Å². The van der Waals surface area contributed by atoms with Gasteiger partial charge >= 0.3 is 5.97 Å². The van der Waals surface area contributed by atoms with Gasteiger partial charge in [-0.25, -0.2) is 4.79 Å². The fourth-order valence-electron chi connectivity index (χ4n) is 2.12. The standard InChI is InChI=1S/C14H18O7S/c1-18-13-8-11(21-22(2,16)17)12(20-13)9-19-14(15)10-6-4-3-5-7-10/h3-7,11-13H,8-9H2,1-2H3/t11-,12+,13?/m0/s1. The van der Waals surface area contributed by atoms with Crippen molar-refractivity contribution >= 4 is 16.1 Å². The highest BCUT2D eigenvalue weighted by atomic mass is 32.2. The number of rotatable bonds is 6. The lowest BCUT2D eigenvalue weighted by atomic mass is 10.2. The molecular formula is C14H18O7S. The van der Waals surface area contributed by atoms with Crippen LogP contribution < -0.4 is 0 Å². The molecule has 3 atom stereocenters. The molecule has 0 radical (unpaired) electrons. The van der Waals surface area contributed by atoms with E-state index >= 15 is 0 Å². The van der Waals surface area contributed by atoms with Crippen LogP contribution in [-0.4, -0.2) is 52.9 Å². The number of hydrogen-bond acceptors (Lipinski definition) is 7. The van der Waals surface area contributed by atoms with Gasteiger partial charge < -0.3 is 14.2 Å². The van der Waals surface area contributed by atoms with Gasteiger partial charge in [-0.2, -0.15) is 8.42 Å². The van der Waals surface area contributed by atoms with Crippen LogP contribution in [0.4, 0.5) is 0 Å². The van der Waals surface area contributed by atoms with Gasteiger partial charge in [-0.3, -0.25) is 4.18 Å². The van der Waals surface area contributed by atoms with Crippen molar-refractivity contribution in [3.8, 4) is 0 Å². The Morgan fingerprint density at radius 3 is 2.59 bits per heavy atom. The molecule has 0 bridgehead atoms. The van der Waals surface area contributed by atoms with E-state index in [1.54, 1.807) is 30.3 Å². The molecule has 122 valence electrons. The monoisotopic (exact) mass is 330 g/mol. The Hall–Kier alpha value is -1.48. The van der Waals surface area contributed by atoms with Crippen LogP contribution in [0, 0.1) is 0 Å². The molecule has 0 N–H and O–H groups in total. The molecule has 22 heavy (non-hydrogen) atoms. The summed E-state index contributed by atoms with van der Waals surface area (Å²) in [4.78, 5) is 11.9. The molecule has 0 saturated carbocycles. The number of esters is 1. The van der Waals surface area contributed by atoms with Crippen LogP contribution >= 0.6 is 0 Å². The average Bonchev–Trinajstić information content (AvgIpc) is 2.86. The lowest BCUT2D eigenvalue weighted by Gasteiger charge is -2.17. The predicted octanol–water partition coefficient (Wildman–Crippen LogP) is 0.950. The molecule has 1 aromatic rings. The summed E-state index contributed by atoms with van der Waals surface area (Å²) in [6, 6.07) is 8.48. The van der Waals surface area contributed by atoms with Crippen LogP contribution in [0.3, 0.4) is 0 Å². The molecule has 1 aromatic carbocycles. The zero-order chi connectivity index (χ0) is 16.2. The fraction of sp³-hybridized carbons (Fsp3) is 0.500. The van der Waals surface area contributed by atoms with E-state index in [1.165, 1.54) is 7.11 Å². The molecule has 1 fully saturated rings. The zero-order valence-electron chi connectivity index (χ0n) is 12.3. The van der Waals surface area contributed by atoms with Gasteiger partial charge in [-0.15, -0.1) is 0 Å². The first kappa shape index (κ1) is 16.9. The van der Waals surface area contributed by atoms with Gasteiger partial charge in [-0.1, -0.05) is 18.2 Å². The van der Waals surface area contributed by atoms with Crippen LogP contribution in [-0.2, 0) is 28.5 Å². The lowest BCUT2D eigenvalue weighted by molar-refractivity contribution is -0.127. The smallest absolute Gasteiger partial charge is 0.338 e. The van der Waals surface area contributed by atoms with Gasteiger partial charge in [0.1, 0.15) is 18.8 Å². The first-order chi connectivity index (χ1) is 10.4. The maximum absolute atomic E-state index is 11.9. The number of carbonyl (C=O) groups is 1. The van der Waals surface area contributed by atoms with E-state index < -0.39 is 34.6 Å². The van der Waals surface area contributed by atoms with Crippen molar-refractivity contribution in [2.24, 2.45) is 0 Å². The zero-order valence-corrected chi connectivity index (χ0v) is 13.1. The number of methoxy groups -OCH3 is 1. The third kappa shape index (κ3) is 4.77. The van der Waals surface area contributed by atoms with Crippen LogP contribution in [0.5, 0.6) is 0 Å². The summed E-state index contributed by atoms with van der Waals surface area (Å²) < 4.78 is 43.1. The number of hydrogen-bond donors (Lipinski definition) is 0. The van der Waals surface area contributed by atoms with Gasteiger partial charge in [0.25, 0.3) is 10.1 Å². The summed E-state index contributed by atoms with van der Waals surface area (Å²) in [6.07, 6.45) is -0.833. The van der Waals surface area contributed by atoms with Crippen molar-refractivity contribution < 1.29 is 31.6 Å². The molecule has 1 aliphatic rings. The van der Waals surface area contributed by atoms with E-state index in [4.69, 9.17) is 18.4 Å². The second-order valence-electron chi connectivity index (χ2n) is 4.88. The molecule has 1 heterocycles. The summed E-state index contributed by atoms with van der Waals surface area (Å²) in [6.45, 7) is -0.117. The van der Waals surface area contributed by atoms with Crippen LogP contribution in [0.25, 0.3) is 0 Å². The largest absolute Gasteiger partial charge is 0.459 e. The summed E-state index contributed by atoms with van der Waals surface area (Å²) >= 11 is 0. The number of carbonyl (C=O) groups excluding carboxylic acids is 1. The number of ether oxygens (including phenoxy) is 3. The minimum Gasteiger partial charge on any atom is -0.459 e. The lowest BCUT2D eigenvalue weighted by Crippen LogP contribution is -2.32. The maximum Gasteiger partial charge on any atom is 0.338 e. The molecule has 1 unspecified atom stereocenters. The molecular weight excluding hydrogens is 312 g/mol. The predicted molar refractivity (Wildman–Crippen MR) is 76.7 cm³/mol. The van der Waals surface area contributed by atoms with E-state index in [-0.39, 0.29) is 13.0 Å². The highest BCUT2D eigenvalue weighted by molar-refractivity contribution is 7.86. The molecule has 1 aliphatic heterocycles. The van der Waals surface area contributed by atoms with Crippen molar-refractivity contribution in [1.29, 1.82) is 0 Å². The van der Waals surface area contributed by atoms with Gasteiger partial charge in [0.15, 0.2) is 6.29 Å². The van der Waals surface area contributed by atoms with Gasteiger partial charge in [-0.05, 0) is 12.1 Å². The summed E-state index contributed by atoms with van der Waals surface area (Å²) in [5.74, 6) is -0.511. The molecule has 0 amide bonds. The molecule has 0 aliphatic carbocycles. The second-order valence-corrected chi connectivity index (χ2v) is 6.48. The first-order valence-electron chi connectivity index (χ1n) is 6.67. The fourth-order valence-corrected chi connectivity index (χ4v) is 2.77. The van der Waals surface area contributed by atoms with Crippen LogP contribution in [0.15, 0.2) is 30.3 Å². The Morgan fingerprint density at radius 2 is 2.00 bits per heavy atom. The summed E-state index contributed by atoms with van der Waals surface area (Å²) in [5.41, 5.74) is 0.407. The normalized spacial score (nSPS) is 25.1. The SMILES string of the molecule is COC1C[C@H](OS(C)(=O)=O)[C@@H](COC(=O)c2ccccc2)O1. The Balaban J connectivity index is 1.95. The van der Waals surface area contributed by atoms with Crippen molar-refractivity contribution in [2.75, 3.05) is 20.0 Å². The van der Waals surface area contributed by atoms with E-state index in [2.05, 4.69) is 0 Å². The summed E-state index contributed by atoms with van der Waals surface area (Å²) in [7, 11) is -2.19. The van der Waals surface area contributed by atoms with Gasteiger partial charge in [0, 0.05) is 13.5 Å². The van der Waals surface area contributed by atoms with Crippen LogP contribution in [0.2, 0.25) is 0 Å². The second kappa shape index (κ2) is 7.19. The average molecular weight is 330 g/mol. The minimum atomic E-state index is -3.64. The Labute approximate surface area is 129 Å². The number of benzene rings is 1. The van der Waals surface area contributed by atoms with E-state index in [0.717, 1.165) is 6.26 Å². The Kier molecular flexibility index (Phi) is 5.52. The van der Waals surface area contributed by atoms with E-state index in [1.807, 2.05) is 0 Å². The first-order valence-corrected chi connectivity index (χ1v) is 8.49. The molecule has 0 spiro atoms.